The average molecular weight is 202 g/mol. The Labute approximate surface area is 88.5 Å². The van der Waals surface area contributed by atoms with Gasteiger partial charge in [0.1, 0.15) is 11.9 Å². The third-order valence-electron chi connectivity index (χ3n) is 2.89. The molecular weight excluding hydrogens is 188 g/mol. The lowest BCUT2D eigenvalue weighted by atomic mass is 10.2. The normalized spacial score (nSPS) is 21.3. The van der Waals surface area contributed by atoms with E-state index in [1.165, 1.54) is 5.56 Å². The van der Waals surface area contributed by atoms with Gasteiger partial charge < -0.3 is 9.72 Å². The first-order valence-corrected chi connectivity index (χ1v) is 5.41. The minimum Gasteiger partial charge on any atom is -0.370 e. The van der Waals surface area contributed by atoms with E-state index in [0.29, 0.717) is 0 Å². The molecule has 1 N–H and O–H groups in total. The van der Waals surface area contributed by atoms with Crippen LogP contribution < -0.4 is 0 Å². The smallest absolute Gasteiger partial charge is 0.136 e. The number of ether oxygens (including phenoxy) is 1. The van der Waals surface area contributed by atoms with Crippen molar-refractivity contribution in [2.24, 2.45) is 0 Å². The molecule has 1 aromatic carbocycles. The fraction of sp³-hybridized carbons (Fsp3) is 0.417. The molecule has 1 atom stereocenters. The number of nitrogens with one attached hydrogen (secondary N) is 1. The van der Waals surface area contributed by atoms with Crippen LogP contribution in [0.1, 0.15) is 30.3 Å². The van der Waals surface area contributed by atoms with Gasteiger partial charge in [0, 0.05) is 6.61 Å². The van der Waals surface area contributed by atoms with Gasteiger partial charge in [0.2, 0.25) is 0 Å². The standard InChI is InChI=1S/C12H14N2O/c1-8-4-5-9-10(7-8)14-12(13-9)11-3-2-6-15-11/h4-5,7,11H,2-3,6H2,1H3,(H,13,14). The van der Waals surface area contributed by atoms with Crippen molar-refractivity contribution >= 4 is 11.0 Å². The van der Waals surface area contributed by atoms with Crippen LogP contribution in [0, 0.1) is 6.92 Å². The molecule has 0 bridgehead atoms. The number of benzene rings is 1. The molecule has 3 rings (SSSR count). The molecule has 1 aliphatic rings. The summed E-state index contributed by atoms with van der Waals surface area (Å²) < 4.78 is 5.61. The van der Waals surface area contributed by atoms with Gasteiger partial charge in [0.05, 0.1) is 11.0 Å². The molecule has 0 spiro atoms. The quantitative estimate of drug-likeness (QED) is 0.772. The van der Waals surface area contributed by atoms with Gasteiger partial charge >= 0.3 is 0 Å². The Morgan fingerprint density at radius 3 is 3.20 bits per heavy atom. The maximum atomic E-state index is 5.61. The van der Waals surface area contributed by atoms with E-state index in [-0.39, 0.29) is 6.10 Å². The lowest BCUT2D eigenvalue weighted by Gasteiger charge is -2.03. The first kappa shape index (κ1) is 8.92. The van der Waals surface area contributed by atoms with Crippen molar-refractivity contribution in [2.45, 2.75) is 25.9 Å². The van der Waals surface area contributed by atoms with Crippen LogP contribution in [0.3, 0.4) is 0 Å². The molecule has 0 saturated carbocycles. The van der Waals surface area contributed by atoms with Crippen LogP contribution in [0.4, 0.5) is 0 Å². The van der Waals surface area contributed by atoms with Crippen LogP contribution >= 0.6 is 0 Å². The van der Waals surface area contributed by atoms with E-state index >= 15 is 0 Å². The molecule has 1 aromatic heterocycles. The van der Waals surface area contributed by atoms with Crippen LogP contribution in [0.25, 0.3) is 11.0 Å². The van der Waals surface area contributed by atoms with Gasteiger partial charge in [-0.2, -0.15) is 0 Å². The maximum Gasteiger partial charge on any atom is 0.136 e. The zero-order valence-corrected chi connectivity index (χ0v) is 8.79. The predicted molar refractivity (Wildman–Crippen MR) is 58.8 cm³/mol. The second-order valence-electron chi connectivity index (χ2n) is 4.14. The molecule has 0 aliphatic carbocycles. The molecule has 78 valence electrons. The summed E-state index contributed by atoms with van der Waals surface area (Å²) in [7, 11) is 0. The monoisotopic (exact) mass is 202 g/mol. The minimum atomic E-state index is 0.178. The summed E-state index contributed by atoms with van der Waals surface area (Å²) in [5, 5.41) is 0. The SMILES string of the molecule is Cc1ccc2nc(C3CCCO3)[nH]c2c1. The van der Waals surface area contributed by atoms with E-state index < -0.39 is 0 Å². The summed E-state index contributed by atoms with van der Waals surface area (Å²) in [6.07, 6.45) is 2.40. The van der Waals surface area contributed by atoms with Crippen molar-refractivity contribution in [3.8, 4) is 0 Å². The van der Waals surface area contributed by atoms with Crippen molar-refractivity contribution in [1.29, 1.82) is 0 Å². The molecule has 3 nitrogen and oxygen atoms in total. The topological polar surface area (TPSA) is 37.9 Å². The van der Waals surface area contributed by atoms with Crippen LogP contribution in [-0.4, -0.2) is 16.6 Å². The number of aromatic nitrogens is 2. The number of H-pyrrole nitrogens is 1. The molecule has 2 aromatic rings. The number of hydrogen-bond acceptors (Lipinski definition) is 2. The Bertz CT molecular complexity index is 483. The lowest BCUT2D eigenvalue weighted by Crippen LogP contribution is -1.97. The number of imidazole rings is 1. The molecule has 1 fully saturated rings. The molecule has 3 heteroatoms. The van der Waals surface area contributed by atoms with Crippen LogP contribution in [0.2, 0.25) is 0 Å². The van der Waals surface area contributed by atoms with Gasteiger partial charge in [-0.1, -0.05) is 6.07 Å². The third-order valence-corrected chi connectivity index (χ3v) is 2.89. The highest BCUT2D eigenvalue weighted by molar-refractivity contribution is 5.75. The molecule has 1 unspecified atom stereocenters. The van der Waals surface area contributed by atoms with Gasteiger partial charge in [-0.25, -0.2) is 4.98 Å². The van der Waals surface area contributed by atoms with Crippen LogP contribution in [0.5, 0.6) is 0 Å². The van der Waals surface area contributed by atoms with E-state index in [9.17, 15) is 0 Å². The number of fused-ring (bicyclic) bond motifs is 1. The Morgan fingerprint density at radius 2 is 2.40 bits per heavy atom. The summed E-state index contributed by atoms with van der Waals surface area (Å²) in [6.45, 7) is 2.95. The summed E-state index contributed by atoms with van der Waals surface area (Å²) >= 11 is 0. The van der Waals surface area contributed by atoms with Gasteiger partial charge in [-0.05, 0) is 37.5 Å². The minimum absolute atomic E-state index is 0.178. The van der Waals surface area contributed by atoms with Crippen molar-refractivity contribution in [3.63, 3.8) is 0 Å². The molecular formula is C12H14N2O. The summed E-state index contributed by atoms with van der Waals surface area (Å²) in [5.74, 6) is 0.980. The van der Waals surface area contributed by atoms with Crippen LogP contribution in [0.15, 0.2) is 18.2 Å². The maximum absolute atomic E-state index is 5.61. The average Bonchev–Trinajstić information content (AvgIpc) is 2.84. The van der Waals surface area contributed by atoms with E-state index in [4.69, 9.17) is 4.74 Å². The molecule has 2 heterocycles. The van der Waals surface area contributed by atoms with E-state index in [1.54, 1.807) is 0 Å². The van der Waals surface area contributed by atoms with Crippen molar-refractivity contribution in [1.82, 2.24) is 9.97 Å². The Hall–Kier alpha value is -1.35. The molecule has 0 amide bonds. The van der Waals surface area contributed by atoms with Gasteiger partial charge in [0.15, 0.2) is 0 Å². The first-order valence-electron chi connectivity index (χ1n) is 5.41. The lowest BCUT2D eigenvalue weighted by molar-refractivity contribution is 0.106. The predicted octanol–water partition coefficient (Wildman–Crippen LogP) is 2.72. The second-order valence-corrected chi connectivity index (χ2v) is 4.14. The number of aromatic amines is 1. The summed E-state index contributed by atoms with van der Waals surface area (Å²) in [6, 6.07) is 6.27. The Balaban J connectivity index is 2.05. The van der Waals surface area contributed by atoms with Crippen molar-refractivity contribution in [3.05, 3.63) is 29.6 Å². The van der Waals surface area contributed by atoms with E-state index in [1.807, 2.05) is 0 Å². The Kier molecular flexibility index (Phi) is 1.99. The largest absolute Gasteiger partial charge is 0.370 e. The summed E-state index contributed by atoms with van der Waals surface area (Å²) in [5.41, 5.74) is 3.40. The second kappa shape index (κ2) is 3.35. The van der Waals surface area contributed by atoms with Gasteiger partial charge in [0.25, 0.3) is 0 Å². The molecule has 1 aliphatic heterocycles. The van der Waals surface area contributed by atoms with Crippen molar-refractivity contribution in [2.75, 3.05) is 6.61 Å². The molecule has 15 heavy (non-hydrogen) atoms. The van der Waals surface area contributed by atoms with Crippen LogP contribution in [-0.2, 0) is 4.74 Å². The number of nitrogens with zero attached hydrogens (tertiary/aromatic N) is 1. The Morgan fingerprint density at radius 1 is 1.47 bits per heavy atom. The third kappa shape index (κ3) is 1.53. The fourth-order valence-corrected chi connectivity index (χ4v) is 2.09. The highest BCUT2D eigenvalue weighted by Gasteiger charge is 2.20. The zero-order chi connectivity index (χ0) is 10.3. The highest BCUT2D eigenvalue weighted by Crippen LogP contribution is 2.27. The highest BCUT2D eigenvalue weighted by atomic mass is 16.5. The first-order chi connectivity index (χ1) is 7.33. The number of rotatable bonds is 1. The zero-order valence-electron chi connectivity index (χ0n) is 8.79. The summed E-state index contributed by atoms with van der Waals surface area (Å²) in [4.78, 5) is 7.90. The van der Waals surface area contributed by atoms with Gasteiger partial charge in [-0.3, -0.25) is 0 Å². The van der Waals surface area contributed by atoms with E-state index in [2.05, 4.69) is 35.1 Å². The molecule has 1 saturated heterocycles. The molecule has 0 radical (unpaired) electrons. The van der Waals surface area contributed by atoms with Gasteiger partial charge in [-0.15, -0.1) is 0 Å². The number of aryl methyl sites for hydroxylation is 1. The van der Waals surface area contributed by atoms with Crippen molar-refractivity contribution < 1.29 is 4.74 Å². The number of hydrogen-bond donors (Lipinski definition) is 1. The fourth-order valence-electron chi connectivity index (χ4n) is 2.09. The van der Waals surface area contributed by atoms with E-state index in [0.717, 1.165) is 36.3 Å².